The van der Waals surface area contributed by atoms with Gasteiger partial charge in [0.15, 0.2) is 0 Å². The molecule has 0 saturated carbocycles. The van der Waals surface area contributed by atoms with Crippen LogP contribution in [0.2, 0.25) is 0 Å². The van der Waals surface area contributed by atoms with Gasteiger partial charge in [-0.1, -0.05) is 16.6 Å². The molecule has 2 N–H and O–H groups in total. The molecule has 2 rings (SSSR count). The number of aromatic nitrogens is 2. The first-order chi connectivity index (χ1) is 9.56. The lowest BCUT2D eigenvalue weighted by Crippen LogP contribution is -2.11. The van der Waals surface area contributed by atoms with Crippen LogP contribution in [0.25, 0.3) is 6.08 Å². The summed E-state index contributed by atoms with van der Waals surface area (Å²) in [5, 5.41) is 15.1. The molecule has 7 heteroatoms. The van der Waals surface area contributed by atoms with Crippen LogP contribution in [-0.2, 0) is 4.79 Å². The van der Waals surface area contributed by atoms with Crippen molar-refractivity contribution in [2.45, 2.75) is 6.92 Å². The first-order valence-corrected chi connectivity index (χ1v) is 6.45. The molecule has 6 nitrogen and oxygen atoms in total. The number of hydrogen-bond acceptors (Lipinski definition) is 5. The van der Waals surface area contributed by atoms with Gasteiger partial charge in [0.05, 0.1) is 5.69 Å². The van der Waals surface area contributed by atoms with E-state index in [4.69, 9.17) is 5.11 Å². The Bertz CT molecular complexity index is 679. The highest BCUT2D eigenvalue weighted by atomic mass is 32.1. The Kier molecular flexibility index (Phi) is 4.21. The van der Waals surface area contributed by atoms with E-state index >= 15 is 0 Å². The summed E-state index contributed by atoms with van der Waals surface area (Å²) >= 11 is 1.03. The second-order valence-corrected chi connectivity index (χ2v) is 4.69. The number of carbonyl (C=O) groups is 2. The third kappa shape index (κ3) is 3.48. The first-order valence-electron chi connectivity index (χ1n) is 5.67. The van der Waals surface area contributed by atoms with E-state index in [9.17, 15) is 9.59 Å². The second kappa shape index (κ2) is 6.07. The highest BCUT2D eigenvalue weighted by molar-refractivity contribution is 7.08. The molecule has 0 atom stereocenters. The predicted octanol–water partition coefficient (Wildman–Crippen LogP) is 2.20. The van der Waals surface area contributed by atoms with E-state index < -0.39 is 5.97 Å². The minimum absolute atomic E-state index is 0.281. The minimum atomic E-state index is -1.02. The van der Waals surface area contributed by atoms with Crippen molar-refractivity contribution in [3.63, 3.8) is 0 Å². The van der Waals surface area contributed by atoms with E-state index in [1.54, 1.807) is 31.2 Å². The summed E-state index contributed by atoms with van der Waals surface area (Å²) < 4.78 is 3.71. The molecule has 0 radical (unpaired) electrons. The number of amides is 1. The van der Waals surface area contributed by atoms with Gasteiger partial charge >= 0.3 is 5.97 Å². The van der Waals surface area contributed by atoms with E-state index in [2.05, 4.69) is 14.9 Å². The molecule has 1 aromatic heterocycles. The molecule has 1 heterocycles. The SMILES string of the molecule is Cc1nnsc1C(=O)Nc1cccc(/C=C/C(=O)O)c1. The number of aryl methyl sites for hydroxylation is 1. The lowest BCUT2D eigenvalue weighted by Gasteiger charge is -2.04. The number of hydrogen-bond donors (Lipinski definition) is 2. The molecule has 0 unspecified atom stereocenters. The largest absolute Gasteiger partial charge is 0.478 e. The van der Waals surface area contributed by atoms with Gasteiger partial charge in [0, 0.05) is 11.8 Å². The summed E-state index contributed by atoms with van der Waals surface area (Å²) in [5.41, 5.74) is 1.84. The van der Waals surface area contributed by atoms with Crippen LogP contribution in [0.4, 0.5) is 5.69 Å². The lowest BCUT2D eigenvalue weighted by atomic mass is 10.2. The number of carbonyl (C=O) groups excluding carboxylic acids is 1. The minimum Gasteiger partial charge on any atom is -0.478 e. The normalized spacial score (nSPS) is 10.7. The average Bonchev–Trinajstić information content (AvgIpc) is 2.83. The summed E-state index contributed by atoms with van der Waals surface area (Å²) in [6.07, 6.45) is 2.50. The standard InChI is InChI=1S/C13H11N3O3S/c1-8-12(20-16-15-8)13(19)14-10-4-2-3-9(7-10)5-6-11(17)18/h2-7H,1H3,(H,14,19)(H,17,18)/b6-5+. The Hall–Kier alpha value is -2.54. The molecule has 1 amide bonds. The average molecular weight is 289 g/mol. The van der Waals surface area contributed by atoms with Crippen molar-refractivity contribution in [2.75, 3.05) is 5.32 Å². The Labute approximate surface area is 118 Å². The summed E-state index contributed by atoms with van der Waals surface area (Å²) in [6, 6.07) is 6.88. The highest BCUT2D eigenvalue weighted by Crippen LogP contribution is 2.15. The van der Waals surface area contributed by atoms with Crippen LogP contribution in [0.5, 0.6) is 0 Å². The number of nitrogens with zero attached hydrogens (tertiary/aromatic N) is 2. The van der Waals surface area contributed by atoms with Crippen LogP contribution < -0.4 is 5.32 Å². The van der Waals surface area contributed by atoms with Crippen molar-refractivity contribution < 1.29 is 14.7 Å². The third-order valence-corrected chi connectivity index (χ3v) is 3.25. The summed E-state index contributed by atoms with van der Waals surface area (Å²) in [6.45, 7) is 1.71. The summed E-state index contributed by atoms with van der Waals surface area (Å²) in [7, 11) is 0. The maximum Gasteiger partial charge on any atom is 0.328 e. The summed E-state index contributed by atoms with van der Waals surface area (Å²) in [5.74, 6) is -1.30. The number of carboxylic acid groups (broad SMARTS) is 1. The molecular formula is C13H11N3O3S. The topological polar surface area (TPSA) is 92.2 Å². The Balaban J connectivity index is 2.14. The maximum absolute atomic E-state index is 12.0. The predicted molar refractivity (Wildman–Crippen MR) is 75.7 cm³/mol. The molecule has 0 bridgehead atoms. The van der Waals surface area contributed by atoms with Crippen LogP contribution in [0.3, 0.4) is 0 Å². The smallest absolute Gasteiger partial charge is 0.328 e. The molecule has 0 saturated heterocycles. The van der Waals surface area contributed by atoms with E-state index in [1.807, 2.05) is 0 Å². The van der Waals surface area contributed by atoms with Crippen LogP contribution >= 0.6 is 11.5 Å². The molecule has 0 aliphatic rings. The van der Waals surface area contributed by atoms with Crippen molar-refractivity contribution >= 4 is 35.2 Å². The number of anilines is 1. The van der Waals surface area contributed by atoms with Crippen molar-refractivity contribution in [3.05, 3.63) is 46.5 Å². The zero-order chi connectivity index (χ0) is 14.5. The number of aliphatic carboxylic acids is 1. The first kappa shape index (κ1) is 13.9. The van der Waals surface area contributed by atoms with Gasteiger partial charge in [0.25, 0.3) is 5.91 Å². The fraction of sp³-hybridized carbons (Fsp3) is 0.0769. The number of benzene rings is 1. The van der Waals surface area contributed by atoms with Gasteiger partial charge in [-0.15, -0.1) is 5.10 Å². The van der Waals surface area contributed by atoms with Gasteiger partial charge in [-0.2, -0.15) is 0 Å². The summed E-state index contributed by atoms with van der Waals surface area (Å²) in [4.78, 5) is 22.9. The van der Waals surface area contributed by atoms with Crippen LogP contribution in [0.15, 0.2) is 30.3 Å². The molecule has 0 aliphatic carbocycles. The van der Waals surface area contributed by atoms with Crippen LogP contribution in [0.1, 0.15) is 20.9 Å². The van der Waals surface area contributed by atoms with Gasteiger partial charge < -0.3 is 10.4 Å². The molecule has 2 aromatic rings. The van der Waals surface area contributed by atoms with Crippen molar-refractivity contribution in [2.24, 2.45) is 0 Å². The monoisotopic (exact) mass is 289 g/mol. The van der Waals surface area contributed by atoms with Gasteiger partial charge in [-0.05, 0) is 42.2 Å². The molecule has 0 spiro atoms. The van der Waals surface area contributed by atoms with Crippen molar-refractivity contribution in [3.8, 4) is 0 Å². The fourth-order valence-electron chi connectivity index (χ4n) is 1.52. The highest BCUT2D eigenvalue weighted by Gasteiger charge is 2.13. The van der Waals surface area contributed by atoms with Crippen molar-refractivity contribution in [1.82, 2.24) is 9.59 Å². The van der Waals surface area contributed by atoms with Crippen molar-refractivity contribution in [1.29, 1.82) is 0 Å². The zero-order valence-electron chi connectivity index (χ0n) is 10.5. The number of nitrogens with one attached hydrogen (secondary N) is 1. The van der Waals surface area contributed by atoms with E-state index in [-0.39, 0.29) is 5.91 Å². The van der Waals surface area contributed by atoms with E-state index in [0.717, 1.165) is 17.6 Å². The Morgan fingerprint density at radius 3 is 2.85 bits per heavy atom. The van der Waals surface area contributed by atoms with E-state index in [0.29, 0.717) is 21.8 Å². The molecule has 20 heavy (non-hydrogen) atoms. The van der Waals surface area contributed by atoms with Crippen LogP contribution in [-0.4, -0.2) is 26.6 Å². The molecule has 102 valence electrons. The quantitative estimate of drug-likeness (QED) is 0.842. The molecule has 0 aliphatic heterocycles. The molecule has 0 fully saturated rings. The molecule has 1 aromatic carbocycles. The van der Waals surface area contributed by atoms with Crippen LogP contribution in [0, 0.1) is 6.92 Å². The Morgan fingerprint density at radius 2 is 2.20 bits per heavy atom. The van der Waals surface area contributed by atoms with Gasteiger partial charge in [0.2, 0.25) is 0 Å². The van der Waals surface area contributed by atoms with Gasteiger partial charge in [-0.3, -0.25) is 4.79 Å². The fourth-order valence-corrected chi connectivity index (χ4v) is 2.07. The number of carboxylic acids is 1. The Morgan fingerprint density at radius 1 is 1.40 bits per heavy atom. The second-order valence-electron chi connectivity index (χ2n) is 3.94. The maximum atomic E-state index is 12.0. The van der Waals surface area contributed by atoms with Gasteiger partial charge in [-0.25, -0.2) is 4.79 Å². The van der Waals surface area contributed by atoms with E-state index in [1.165, 1.54) is 6.08 Å². The van der Waals surface area contributed by atoms with Gasteiger partial charge in [0.1, 0.15) is 4.88 Å². The number of rotatable bonds is 4. The molecular weight excluding hydrogens is 278 g/mol. The third-order valence-electron chi connectivity index (χ3n) is 2.42. The zero-order valence-corrected chi connectivity index (χ0v) is 11.3. The lowest BCUT2D eigenvalue weighted by molar-refractivity contribution is -0.131.